The minimum absolute atomic E-state index is 0. The van der Waals surface area contributed by atoms with Gasteiger partial charge in [0, 0.05) is 21.1 Å². The summed E-state index contributed by atoms with van der Waals surface area (Å²) in [6.07, 6.45) is 0. The van der Waals surface area contributed by atoms with Crippen LogP contribution in [0.1, 0.15) is 0 Å². The maximum absolute atomic E-state index is 7.27. The van der Waals surface area contributed by atoms with Crippen LogP contribution in [0.25, 0.3) is 0 Å². The van der Waals surface area contributed by atoms with Crippen LogP contribution in [0.3, 0.4) is 0 Å². The Morgan fingerprint density at radius 2 is 1.50 bits per heavy atom. The van der Waals surface area contributed by atoms with E-state index in [0.29, 0.717) is 0 Å². The van der Waals surface area contributed by atoms with Crippen molar-refractivity contribution >= 4 is 9.53 Å². The van der Waals surface area contributed by atoms with Crippen LogP contribution in [0.15, 0.2) is 0 Å². The zero-order chi connectivity index (χ0) is 5.70. The normalized spacial score (nSPS) is 13.5. The number of hydrogen-bond donors (Lipinski definition) is 3. The Labute approximate surface area is 63.3 Å². The van der Waals surface area contributed by atoms with Crippen LogP contribution in [-0.4, -0.2) is 30.5 Å². The number of ether oxygens (including phenoxy) is 1. The van der Waals surface area contributed by atoms with Crippen LogP contribution in [-0.2, 0) is 25.8 Å². The van der Waals surface area contributed by atoms with E-state index in [1.807, 2.05) is 0 Å². The van der Waals surface area contributed by atoms with E-state index in [-0.39, 0.29) is 21.1 Å². The second-order valence-electron chi connectivity index (χ2n) is 0.800. The Balaban J connectivity index is 0. The van der Waals surface area contributed by atoms with Crippen molar-refractivity contribution in [2.75, 3.05) is 6.61 Å². The third kappa shape index (κ3) is 73.1. The van der Waals surface area contributed by atoms with Crippen molar-refractivity contribution in [2.45, 2.75) is 0 Å². The van der Waals surface area contributed by atoms with Gasteiger partial charge in [-0.2, -0.15) is 6.61 Å². The van der Waals surface area contributed by atoms with Crippen LogP contribution < -0.4 is 0 Å². The first kappa shape index (κ1) is 11.5. The molecule has 0 aromatic heterocycles. The van der Waals surface area contributed by atoms with E-state index in [4.69, 9.17) is 14.4 Å². The SMILES string of the molecule is O[Si](O)O.[CH-]1CO1.[W]. The number of rotatable bonds is 0. The molecule has 1 aliphatic rings. The first-order valence-corrected chi connectivity index (χ1v) is 2.95. The summed E-state index contributed by atoms with van der Waals surface area (Å²) in [6, 6.07) is 0. The van der Waals surface area contributed by atoms with Gasteiger partial charge in [-0.25, -0.2) is 0 Å². The maximum Gasteiger partial charge on any atom is 0.569 e. The fourth-order valence-corrected chi connectivity index (χ4v) is 0. The molecule has 49 valence electrons. The summed E-state index contributed by atoms with van der Waals surface area (Å²) >= 11 is 0. The Morgan fingerprint density at radius 3 is 1.50 bits per heavy atom. The van der Waals surface area contributed by atoms with Crippen molar-refractivity contribution in [2.24, 2.45) is 0 Å². The Hall–Kier alpha value is 0.745. The summed E-state index contributed by atoms with van der Waals surface area (Å²) in [6.45, 7) is 2.62. The second-order valence-corrected chi connectivity index (χ2v) is 1.40. The van der Waals surface area contributed by atoms with Gasteiger partial charge in [-0.1, -0.05) is 6.61 Å². The van der Waals surface area contributed by atoms with E-state index in [1.54, 1.807) is 6.61 Å². The first-order valence-electron chi connectivity index (χ1n) is 1.60. The molecule has 3 N–H and O–H groups in total. The fourth-order valence-electron chi connectivity index (χ4n) is 0. The van der Waals surface area contributed by atoms with Gasteiger partial charge in [0.2, 0.25) is 0 Å². The number of hydrogen-bond acceptors (Lipinski definition) is 4. The van der Waals surface area contributed by atoms with Gasteiger partial charge in [0.25, 0.3) is 0 Å². The van der Waals surface area contributed by atoms with Crippen molar-refractivity contribution < 1.29 is 40.2 Å². The molecule has 1 saturated heterocycles. The third-order valence-corrected chi connectivity index (χ3v) is 0.167. The second kappa shape index (κ2) is 7.75. The first-order chi connectivity index (χ1) is 3.23. The molecule has 0 aromatic rings. The Kier molecular flexibility index (Phi) is 11.2. The van der Waals surface area contributed by atoms with Crippen molar-refractivity contribution in [3.05, 3.63) is 6.61 Å². The molecule has 0 spiro atoms. The predicted molar refractivity (Wildman–Crippen MR) is 22.7 cm³/mol. The van der Waals surface area contributed by atoms with Crippen LogP contribution in [0.2, 0.25) is 0 Å². The van der Waals surface area contributed by atoms with Crippen molar-refractivity contribution in [1.29, 1.82) is 0 Å². The molecule has 0 atom stereocenters. The molecule has 1 radical (unpaired) electrons. The maximum atomic E-state index is 7.27. The van der Waals surface area contributed by atoms with E-state index >= 15 is 0 Å². The average Bonchev–Trinajstić information content (AvgIpc) is 2.02. The van der Waals surface area contributed by atoms with Gasteiger partial charge in [0.15, 0.2) is 0 Å². The van der Waals surface area contributed by atoms with Crippen LogP contribution in [0.5, 0.6) is 0 Å². The molecule has 0 aromatic carbocycles. The summed E-state index contributed by atoms with van der Waals surface area (Å²) < 4.78 is 4.38. The smallest absolute Gasteiger partial charge is 0.569 e. The van der Waals surface area contributed by atoms with Crippen molar-refractivity contribution in [3.63, 3.8) is 0 Å². The Morgan fingerprint density at radius 1 is 1.38 bits per heavy atom. The van der Waals surface area contributed by atoms with Crippen LogP contribution in [0, 0.1) is 6.61 Å². The number of epoxide rings is 1. The molecule has 1 fully saturated rings. The molecule has 0 aliphatic carbocycles. The monoisotopic (exact) mass is 306 g/mol. The topological polar surface area (TPSA) is 73.2 Å². The summed E-state index contributed by atoms with van der Waals surface area (Å²) in [4.78, 5) is 21.8. The van der Waals surface area contributed by atoms with E-state index in [0.717, 1.165) is 6.61 Å². The molecule has 1 aliphatic heterocycles. The molecule has 4 nitrogen and oxygen atoms in total. The molecule has 0 unspecified atom stereocenters. The molecular formula is C2H6O4SiW-. The van der Waals surface area contributed by atoms with Gasteiger partial charge in [0.05, 0.1) is 0 Å². The van der Waals surface area contributed by atoms with Gasteiger partial charge in [-0.15, -0.1) is 0 Å². The van der Waals surface area contributed by atoms with E-state index in [2.05, 4.69) is 4.74 Å². The summed E-state index contributed by atoms with van der Waals surface area (Å²) in [5.41, 5.74) is 0. The van der Waals surface area contributed by atoms with Crippen molar-refractivity contribution in [1.82, 2.24) is 0 Å². The third-order valence-electron chi connectivity index (χ3n) is 0.167. The largest absolute Gasteiger partial charge is 0.574 e. The molecule has 0 saturated carbocycles. The predicted octanol–water partition coefficient (Wildman–Crippen LogP) is -1.88. The molecular weight excluding hydrogens is 300 g/mol. The fraction of sp³-hybridized carbons (Fsp3) is 0.500. The van der Waals surface area contributed by atoms with Crippen molar-refractivity contribution in [3.8, 4) is 0 Å². The summed E-state index contributed by atoms with van der Waals surface area (Å²) in [7, 11) is -2.88. The zero-order valence-electron chi connectivity index (χ0n) is 3.94. The minimum atomic E-state index is -2.88. The van der Waals surface area contributed by atoms with Gasteiger partial charge in [-0.3, -0.25) is 0 Å². The summed E-state index contributed by atoms with van der Waals surface area (Å²) in [5.74, 6) is 0. The zero-order valence-corrected chi connectivity index (χ0v) is 7.88. The molecule has 0 bridgehead atoms. The average molecular weight is 306 g/mol. The molecule has 1 heterocycles. The van der Waals surface area contributed by atoms with Gasteiger partial charge in [-0.05, 0) is 0 Å². The van der Waals surface area contributed by atoms with Gasteiger partial charge < -0.3 is 19.1 Å². The molecule has 0 amide bonds. The van der Waals surface area contributed by atoms with E-state index < -0.39 is 9.53 Å². The van der Waals surface area contributed by atoms with E-state index in [1.165, 1.54) is 0 Å². The van der Waals surface area contributed by atoms with Crippen LogP contribution in [0.4, 0.5) is 0 Å². The van der Waals surface area contributed by atoms with Gasteiger partial charge >= 0.3 is 9.53 Å². The molecule has 6 heteroatoms. The van der Waals surface area contributed by atoms with E-state index in [9.17, 15) is 0 Å². The molecule has 8 heavy (non-hydrogen) atoms. The quantitative estimate of drug-likeness (QED) is 0.278. The minimum Gasteiger partial charge on any atom is -0.574 e. The molecule has 1 rings (SSSR count). The summed E-state index contributed by atoms with van der Waals surface area (Å²) in [5, 5.41) is 0. The van der Waals surface area contributed by atoms with Crippen LogP contribution >= 0.6 is 0 Å². The Bertz CT molecular complexity index is 35.5. The van der Waals surface area contributed by atoms with Gasteiger partial charge in [0.1, 0.15) is 0 Å². The standard InChI is InChI=1S/C2H3O.H3O3Si.W/c1-2-3-1;1-4(2)3;/h1H,2H2;1-3H;/q-1;;.